The summed E-state index contributed by atoms with van der Waals surface area (Å²) in [4.78, 5) is 2.34. The van der Waals surface area contributed by atoms with Gasteiger partial charge in [-0.05, 0) is 26.4 Å². The lowest BCUT2D eigenvalue weighted by Gasteiger charge is -2.29. The molecule has 0 spiro atoms. The van der Waals surface area contributed by atoms with Crippen molar-refractivity contribution in [2.24, 2.45) is 0 Å². The third-order valence-corrected chi connectivity index (χ3v) is 2.79. The first-order valence-corrected chi connectivity index (χ1v) is 5.73. The highest BCUT2D eigenvalue weighted by molar-refractivity contribution is 4.73. The zero-order valence-electron chi connectivity index (χ0n) is 10.1. The fraction of sp³-hybridized carbons (Fsp3) is 1.00. The number of aliphatic hydroxyl groups is 1. The third kappa shape index (κ3) is 4.94. The summed E-state index contributed by atoms with van der Waals surface area (Å²) in [7, 11) is 2.14. The summed E-state index contributed by atoms with van der Waals surface area (Å²) in [6, 6.07) is 0.855. The smallest absolute Gasteiger partial charge is 0.0597 e. The quantitative estimate of drug-likeness (QED) is 0.618. The molecule has 2 N–H and O–H groups in total. The minimum atomic E-state index is 0.214. The molecule has 0 aliphatic carbocycles. The molecule has 0 saturated carbocycles. The topological polar surface area (TPSA) is 35.5 Å². The Kier molecular flexibility index (Phi) is 8.14. The molecular formula is C11H26N2O. The molecule has 0 rings (SSSR count). The summed E-state index contributed by atoms with van der Waals surface area (Å²) in [6.07, 6.45) is 2.36. The van der Waals surface area contributed by atoms with Gasteiger partial charge in [-0.1, -0.05) is 20.8 Å². The zero-order chi connectivity index (χ0) is 11.0. The van der Waals surface area contributed by atoms with Crippen LogP contribution in [0.3, 0.4) is 0 Å². The summed E-state index contributed by atoms with van der Waals surface area (Å²) < 4.78 is 0. The highest BCUT2D eigenvalue weighted by atomic mass is 16.3. The van der Waals surface area contributed by atoms with Crippen molar-refractivity contribution in [2.75, 3.05) is 26.7 Å². The summed E-state index contributed by atoms with van der Waals surface area (Å²) in [5.74, 6) is 0. The van der Waals surface area contributed by atoms with Crippen LogP contribution < -0.4 is 5.32 Å². The average molecular weight is 202 g/mol. The summed E-state index contributed by atoms with van der Waals surface area (Å²) in [5.41, 5.74) is 0. The van der Waals surface area contributed by atoms with E-state index < -0.39 is 0 Å². The van der Waals surface area contributed by atoms with Crippen molar-refractivity contribution in [3.63, 3.8) is 0 Å². The van der Waals surface area contributed by atoms with E-state index in [1.165, 1.54) is 12.8 Å². The van der Waals surface area contributed by atoms with Gasteiger partial charge in [0.2, 0.25) is 0 Å². The molecule has 14 heavy (non-hydrogen) atoms. The lowest BCUT2D eigenvalue weighted by Crippen LogP contribution is -2.45. The molecule has 0 aromatic carbocycles. The molecule has 0 aliphatic heterocycles. The number of rotatable bonds is 8. The zero-order valence-corrected chi connectivity index (χ0v) is 10.1. The van der Waals surface area contributed by atoms with Crippen molar-refractivity contribution in [1.29, 1.82) is 0 Å². The van der Waals surface area contributed by atoms with Gasteiger partial charge in [-0.25, -0.2) is 0 Å². The van der Waals surface area contributed by atoms with Crippen LogP contribution in [0.15, 0.2) is 0 Å². The van der Waals surface area contributed by atoms with Gasteiger partial charge in [0.1, 0.15) is 0 Å². The SMILES string of the molecule is CCNC(CO)CN(C)C(CC)CC. The van der Waals surface area contributed by atoms with Crippen molar-refractivity contribution in [1.82, 2.24) is 10.2 Å². The Morgan fingerprint density at radius 3 is 2.14 bits per heavy atom. The predicted molar refractivity (Wildman–Crippen MR) is 61.6 cm³/mol. The Hall–Kier alpha value is -0.120. The van der Waals surface area contributed by atoms with Crippen molar-refractivity contribution in [2.45, 2.75) is 45.7 Å². The lowest BCUT2D eigenvalue weighted by atomic mass is 10.1. The van der Waals surface area contributed by atoms with Crippen molar-refractivity contribution >= 4 is 0 Å². The minimum absolute atomic E-state index is 0.214. The van der Waals surface area contributed by atoms with Gasteiger partial charge in [-0.2, -0.15) is 0 Å². The molecular weight excluding hydrogens is 176 g/mol. The molecule has 86 valence electrons. The Morgan fingerprint density at radius 2 is 1.79 bits per heavy atom. The number of nitrogens with zero attached hydrogens (tertiary/aromatic N) is 1. The molecule has 0 aliphatic rings. The highest BCUT2D eigenvalue weighted by Crippen LogP contribution is 2.06. The van der Waals surface area contributed by atoms with Crippen LogP contribution in [0.2, 0.25) is 0 Å². The first kappa shape index (κ1) is 13.9. The van der Waals surface area contributed by atoms with Gasteiger partial charge in [0.05, 0.1) is 6.61 Å². The van der Waals surface area contributed by atoms with Gasteiger partial charge in [0.25, 0.3) is 0 Å². The van der Waals surface area contributed by atoms with E-state index in [2.05, 4.69) is 38.0 Å². The van der Waals surface area contributed by atoms with Crippen LogP contribution in [0.5, 0.6) is 0 Å². The van der Waals surface area contributed by atoms with Crippen LogP contribution in [0.25, 0.3) is 0 Å². The van der Waals surface area contributed by atoms with Gasteiger partial charge < -0.3 is 15.3 Å². The van der Waals surface area contributed by atoms with Gasteiger partial charge in [-0.15, -0.1) is 0 Å². The summed E-state index contributed by atoms with van der Waals surface area (Å²) in [5, 5.41) is 12.4. The second kappa shape index (κ2) is 8.21. The van der Waals surface area contributed by atoms with Crippen LogP contribution >= 0.6 is 0 Å². The molecule has 1 unspecified atom stereocenters. The maximum atomic E-state index is 9.14. The second-order valence-corrected chi connectivity index (χ2v) is 3.85. The van der Waals surface area contributed by atoms with Crippen LogP contribution in [-0.4, -0.2) is 48.8 Å². The van der Waals surface area contributed by atoms with Crippen LogP contribution in [-0.2, 0) is 0 Å². The molecule has 0 bridgehead atoms. The molecule has 0 fully saturated rings. The van der Waals surface area contributed by atoms with E-state index in [-0.39, 0.29) is 12.6 Å². The number of likely N-dealkylation sites (N-methyl/N-ethyl adjacent to an activating group) is 2. The summed E-state index contributed by atoms with van der Waals surface area (Å²) >= 11 is 0. The first-order chi connectivity index (χ1) is 6.69. The van der Waals surface area contributed by atoms with Crippen LogP contribution in [0.1, 0.15) is 33.6 Å². The molecule has 0 amide bonds. The Morgan fingerprint density at radius 1 is 1.21 bits per heavy atom. The first-order valence-electron chi connectivity index (χ1n) is 5.73. The van der Waals surface area contributed by atoms with E-state index in [9.17, 15) is 0 Å². The van der Waals surface area contributed by atoms with Gasteiger partial charge in [0.15, 0.2) is 0 Å². The van der Waals surface area contributed by atoms with Crippen molar-refractivity contribution in [3.05, 3.63) is 0 Å². The van der Waals surface area contributed by atoms with E-state index in [0.717, 1.165) is 13.1 Å². The number of hydrogen-bond donors (Lipinski definition) is 2. The Bertz CT molecular complexity index is 126. The van der Waals surface area contributed by atoms with E-state index in [1.807, 2.05) is 0 Å². The molecule has 3 heteroatoms. The molecule has 0 heterocycles. The fourth-order valence-corrected chi connectivity index (χ4v) is 1.88. The normalized spacial score (nSPS) is 13.9. The summed E-state index contributed by atoms with van der Waals surface area (Å²) in [6.45, 7) is 8.56. The third-order valence-electron chi connectivity index (χ3n) is 2.79. The Balaban J connectivity index is 3.92. The van der Waals surface area contributed by atoms with Gasteiger partial charge in [0, 0.05) is 18.6 Å². The van der Waals surface area contributed by atoms with Crippen molar-refractivity contribution < 1.29 is 5.11 Å². The standard InChI is InChI=1S/C11H26N2O/c1-5-11(6-2)13(4)8-10(9-14)12-7-3/h10-12,14H,5-9H2,1-4H3. The molecule has 3 nitrogen and oxygen atoms in total. The maximum absolute atomic E-state index is 9.14. The minimum Gasteiger partial charge on any atom is -0.395 e. The maximum Gasteiger partial charge on any atom is 0.0597 e. The predicted octanol–water partition coefficient (Wildman–Crippen LogP) is 1.08. The number of hydrogen-bond acceptors (Lipinski definition) is 3. The van der Waals surface area contributed by atoms with E-state index in [1.54, 1.807) is 0 Å². The largest absolute Gasteiger partial charge is 0.395 e. The van der Waals surface area contributed by atoms with E-state index in [4.69, 9.17) is 5.11 Å². The van der Waals surface area contributed by atoms with Gasteiger partial charge >= 0.3 is 0 Å². The van der Waals surface area contributed by atoms with Crippen molar-refractivity contribution in [3.8, 4) is 0 Å². The fourth-order valence-electron chi connectivity index (χ4n) is 1.88. The van der Waals surface area contributed by atoms with Crippen LogP contribution in [0, 0.1) is 0 Å². The molecule has 0 aromatic rings. The number of aliphatic hydroxyl groups excluding tert-OH is 1. The number of nitrogens with one attached hydrogen (secondary N) is 1. The van der Waals surface area contributed by atoms with E-state index >= 15 is 0 Å². The van der Waals surface area contributed by atoms with Gasteiger partial charge in [-0.3, -0.25) is 0 Å². The Labute approximate surface area is 88.5 Å². The molecule has 0 radical (unpaired) electrons. The molecule has 1 atom stereocenters. The molecule has 0 saturated heterocycles. The van der Waals surface area contributed by atoms with E-state index in [0.29, 0.717) is 6.04 Å². The second-order valence-electron chi connectivity index (χ2n) is 3.85. The highest BCUT2D eigenvalue weighted by Gasteiger charge is 2.14. The van der Waals surface area contributed by atoms with Crippen LogP contribution in [0.4, 0.5) is 0 Å². The molecule has 0 aromatic heterocycles. The average Bonchev–Trinajstić information content (AvgIpc) is 2.19. The monoisotopic (exact) mass is 202 g/mol. The lowest BCUT2D eigenvalue weighted by molar-refractivity contribution is 0.164.